The van der Waals surface area contributed by atoms with Crippen LogP contribution in [-0.4, -0.2) is 13.6 Å². The third-order valence-electron chi connectivity index (χ3n) is 4.43. The van der Waals surface area contributed by atoms with Crippen molar-refractivity contribution in [2.75, 3.05) is 18.5 Å². The van der Waals surface area contributed by atoms with Crippen LogP contribution in [0.3, 0.4) is 0 Å². The Bertz CT molecular complexity index is 652. The highest BCUT2D eigenvalue weighted by Crippen LogP contribution is 2.32. The number of benzene rings is 2. The molecule has 0 aliphatic heterocycles. The van der Waals surface area contributed by atoms with E-state index >= 15 is 0 Å². The summed E-state index contributed by atoms with van der Waals surface area (Å²) in [5.74, 6) is 0.607. The molecule has 2 aromatic carbocycles. The molecule has 0 saturated carbocycles. The molecule has 106 valence electrons. The van der Waals surface area contributed by atoms with Crippen LogP contribution in [0, 0.1) is 11.3 Å². The second-order valence-corrected chi connectivity index (χ2v) is 5.83. The van der Waals surface area contributed by atoms with Crippen LogP contribution >= 0.6 is 0 Å². The zero-order chi connectivity index (χ0) is 14.7. The third-order valence-corrected chi connectivity index (χ3v) is 4.43. The van der Waals surface area contributed by atoms with Gasteiger partial charge in [-0.1, -0.05) is 24.3 Å². The van der Waals surface area contributed by atoms with Crippen LogP contribution in [0.4, 0.5) is 5.69 Å². The molecule has 2 heteroatoms. The normalized spacial score (nSPS) is 16.9. The lowest BCUT2D eigenvalue weighted by molar-refractivity contribution is 0.551. The minimum Gasteiger partial charge on any atom is -0.374 e. The van der Waals surface area contributed by atoms with Crippen molar-refractivity contribution in [1.29, 1.82) is 5.26 Å². The molecular weight excluding hydrogens is 256 g/mol. The van der Waals surface area contributed by atoms with Crippen LogP contribution in [0.15, 0.2) is 48.5 Å². The molecule has 0 aromatic heterocycles. The maximum atomic E-state index is 8.87. The molecule has 0 bridgehead atoms. The summed E-state index contributed by atoms with van der Waals surface area (Å²) in [6.07, 6.45) is 3.76. The summed E-state index contributed by atoms with van der Waals surface area (Å²) in [6, 6.07) is 18.9. The Morgan fingerprint density at radius 3 is 2.67 bits per heavy atom. The van der Waals surface area contributed by atoms with Gasteiger partial charge in [0, 0.05) is 25.2 Å². The van der Waals surface area contributed by atoms with Crippen molar-refractivity contribution in [3.05, 3.63) is 65.2 Å². The van der Waals surface area contributed by atoms with Gasteiger partial charge in [0.05, 0.1) is 11.6 Å². The molecule has 0 heterocycles. The van der Waals surface area contributed by atoms with E-state index in [9.17, 15) is 0 Å². The molecule has 1 unspecified atom stereocenters. The molecule has 0 fully saturated rings. The molecule has 2 aromatic rings. The molecule has 0 saturated heterocycles. The summed E-state index contributed by atoms with van der Waals surface area (Å²) in [4.78, 5) is 2.30. The Morgan fingerprint density at radius 2 is 1.90 bits per heavy atom. The van der Waals surface area contributed by atoms with Gasteiger partial charge in [0.2, 0.25) is 0 Å². The van der Waals surface area contributed by atoms with E-state index in [-0.39, 0.29) is 0 Å². The van der Waals surface area contributed by atoms with Gasteiger partial charge in [0.25, 0.3) is 0 Å². The highest BCUT2D eigenvalue weighted by atomic mass is 15.1. The number of rotatable bonds is 3. The second kappa shape index (κ2) is 6.01. The number of hydrogen-bond donors (Lipinski definition) is 0. The predicted molar refractivity (Wildman–Crippen MR) is 86.5 cm³/mol. The average Bonchev–Trinajstić information content (AvgIpc) is 2.55. The Labute approximate surface area is 126 Å². The summed E-state index contributed by atoms with van der Waals surface area (Å²) < 4.78 is 0. The standard InChI is InChI=1S/C19H20N2/c1-21(18-11-9-15(13-20)10-12-18)14-17-7-4-6-16-5-2-3-8-19(16)17/h2-3,5,8-12,17H,4,6-7,14H2,1H3. The topological polar surface area (TPSA) is 27.0 Å². The van der Waals surface area contributed by atoms with E-state index in [2.05, 4.69) is 42.3 Å². The van der Waals surface area contributed by atoms with Gasteiger partial charge in [-0.2, -0.15) is 5.26 Å². The van der Waals surface area contributed by atoms with Crippen LogP contribution < -0.4 is 4.90 Å². The lowest BCUT2D eigenvalue weighted by Crippen LogP contribution is -2.26. The lowest BCUT2D eigenvalue weighted by atomic mass is 9.82. The smallest absolute Gasteiger partial charge is 0.0991 e. The van der Waals surface area contributed by atoms with E-state index in [4.69, 9.17) is 5.26 Å². The molecule has 2 nitrogen and oxygen atoms in total. The van der Waals surface area contributed by atoms with Crippen LogP contribution in [0.1, 0.15) is 35.4 Å². The van der Waals surface area contributed by atoms with Gasteiger partial charge in [0.1, 0.15) is 0 Å². The second-order valence-electron chi connectivity index (χ2n) is 5.83. The number of nitriles is 1. The van der Waals surface area contributed by atoms with Gasteiger partial charge in [-0.25, -0.2) is 0 Å². The number of aryl methyl sites for hydroxylation is 1. The summed E-state index contributed by atoms with van der Waals surface area (Å²) in [5.41, 5.74) is 4.93. The summed E-state index contributed by atoms with van der Waals surface area (Å²) >= 11 is 0. The van der Waals surface area contributed by atoms with Crippen molar-refractivity contribution in [3.8, 4) is 6.07 Å². The van der Waals surface area contributed by atoms with Crippen molar-refractivity contribution in [2.24, 2.45) is 0 Å². The van der Waals surface area contributed by atoms with Crippen LogP contribution in [-0.2, 0) is 6.42 Å². The fourth-order valence-electron chi connectivity index (χ4n) is 3.27. The first kappa shape index (κ1) is 13.7. The zero-order valence-electron chi connectivity index (χ0n) is 12.4. The van der Waals surface area contributed by atoms with Gasteiger partial charge in [-0.3, -0.25) is 0 Å². The largest absolute Gasteiger partial charge is 0.374 e. The molecule has 1 aliphatic rings. The van der Waals surface area contributed by atoms with Crippen molar-refractivity contribution in [3.63, 3.8) is 0 Å². The highest BCUT2D eigenvalue weighted by molar-refractivity contribution is 5.49. The maximum Gasteiger partial charge on any atom is 0.0991 e. The first-order chi connectivity index (χ1) is 10.3. The maximum absolute atomic E-state index is 8.87. The van der Waals surface area contributed by atoms with Crippen LogP contribution in [0.25, 0.3) is 0 Å². The van der Waals surface area contributed by atoms with Crippen molar-refractivity contribution < 1.29 is 0 Å². The molecule has 0 N–H and O–H groups in total. The van der Waals surface area contributed by atoms with Crippen LogP contribution in [0.2, 0.25) is 0 Å². The first-order valence-electron chi connectivity index (χ1n) is 7.57. The van der Waals surface area contributed by atoms with Crippen molar-refractivity contribution in [2.45, 2.75) is 25.2 Å². The van der Waals surface area contributed by atoms with Gasteiger partial charge >= 0.3 is 0 Å². The molecule has 0 amide bonds. The minimum atomic E-state index is 0.607. The molecule has 0 spiro atoms. The van der Waals surface area contributed by atoms with Gasteiger partial charge in [-0.05, 0) is 54.7 Å². The third kappa shape index (κ3) is 2.92. The summed E-state index contributed by atoms with van der Waals surface area (Å²) in [6.45, 7) is 1.03. The Morgan fingerprint density at radius 1 is 1.14 bits per heavy atom. The Balaban J connectivity index is 1.76. The quantitative estimate of drug-likeness (QED) is 0.843. The molecular formula is C19H20N2. The monoisotopic (exact) mass is 276 g/mol. The number of likely N-dealkylation sites (N-methyl/N-ethyl adjacent to an activating group) is 1. The van der Waals surface area contributed by atoms with Crippen molar-refractivity contribution in [1.82, 2.24) is 0 Å². The first-order valence-corrected chi connectivity index (χ1v) is 7.57. The number of anilines is 1. The summed E-state index contributed by atoms with van der Waals surface area (Å²) in [7, 11) is 2.14. The number of nitrogens with zero attached hydrogens (tertiary/aromatic N) is 2. The summed E-state index contributed by atoms with van der Waals surface area (Å²) in [5, 5.41) is 8.87. The minimum absolute atomic E-state index is 0.607. The highest BCUT2D eigenvalue weighted by Gasteiger charge is 2.21. The van der Waals surface area contributed by atoms with E-state index in [1.54, 1.807) is 0 Å². The Hall–Kier alpha value is -2.27. The number of fused-ring (bicyclic) bond motifs is 1. The lowest BCUT2D eigenvalue weighted by Gasteiger charge is -2.30. The fourth-order valence-corrected chi connectivity index (χ4v) is 3.27. The van der Waals surface area contributed by atoms with Gasteiger partial charge in [-0.15, -0.1) is 0 Å². The number of hydrogen-bond acceptors (Lipinski definition) is 2. The zero-order valence-corrected chi connectivity index (χ0v) is 12.4. The molecule has 1 aliphatic carbocycles. The Kier molecular flexibility index (Phi) is 3.92. The molecule has 21 heavy (non-hydrogen) atoms. The predicted octanol–water partition coefficient (Wildman–Crippen LogP) is 4.11. The van der Waals surface area contributed by atoms with Crippen molar-refractivity contribution >= 4 is 5.69 Å². The van der Waals surface area contributed by atoms with Gasteiger partial charge < -0.3 is 4.90 Å². The average molecular weight is 276 g/mol. The molecule has 3 rings (SSSR count). The van der Waals surface area contributed by atoms with E-state index in [0.29, 0.717) is 5.92 Å². The van der Waals surface area contributed by atoms with Crippen LogP contribution in [0.5, 0.6) is 0 Å². The SMILES string of the molecule is CN(CC1CCCc2ccccc21)c1ccc(C#N)cc1. The fraction of sp³-hybridized carbons (Fsp3) is 0.316. The molecule has 0 radical (unpaired) electrons. The van der Waals surface area contributed by atoms with E-state index in [0.717, 1.165) is 12.1 Å². The molecule has 1 atom stereocenters. The van der Waals surface area contributed by atoms with E-state index < -0.39 is 0 Å². The van der Waals surface area contributed by atoms with E-state index in [1.165, 1.54) is 36.1 Å². The van der Waals surface area contributed by atoms with Gasteiger partial charge in [0.15, 0.2) is 0 Å². The van der Waals surface area contributed by atoms with E-state index in [1.807, 2.05) is 24.3 Å².